The highest BCUT2D eigenvalue weighted by Gasteiger charge is 2.42. The minimum atomic E-state index is 0.159. The first-order chi connectivity index (χ1) is 10.7. The highest BCUT2D eigenvalue weighted by atomic mass is 16.5. The van der Waals surface area contributed by atoms with Gasteiger partial charge in [-0.25, -0.2) is 0 Å². The standard InChI is InChI=1S/C19H24N2O/c1-4-19(5-2)13-21(16-11-7-6-10-15(16)20)18-14(19)9-8-12-17(18)22-3/h6-12H,4-5,13,20H2,1-3H3. The first-order valence-corrected chi connectivity index (χ1v) is 7.96. The molecule has 0 unspecified atom stereocenters. The Morgan fingerprint density at radius 2 is 1.82 bits per heavy atom. The van der Waals surface area contributed by atoms with Gasteiger partial charge in [0.05, 0.1) is 24.2 Å². The lowest BCUT2D eigenvalue weighted by atomic mass is 9.77. The van der Waals surface area contributed by atoms with Crippen molar-refractivity contribution in [3.8, 4) is 5.75 Å². The van der Waals surface area contributed by atoms with Crippen molar-refractivity contribution in [2.24, 2.45) is 0 Å². The van der Waals surface area contributed by atoms with Crippen molar-refractivity contribution in [3.05, 3.63) is 48.0 Å². The van der Waals surface area contributed by atoms with E-state index in [4.69, 9.17) is 10.5 Å². The number of fused-ring (bicyclic) bond motifs is 1. The molecule has 0 atom stereocenters. The second-order valence-corrected chi connectivity index (χ2v) is 5.99. The lowest BCUT2D eigenvalue weighted by molar-refractivity contribution is 0.415. The van der Waals surface area contributed by atoms with Crippen molar-refractivity contribution in [3.63, 3.8) is 0 Å². The van der Waals surface area contributed by atoms with Crippen LogP contribution in [0.5, 0.6) is 5.75 Å². The van der Waals surface area contributed by atoms with E-state index in [-0.39, 0.29) is 5.41 Å². The van der Waals surface area contributed by atoms with E-state index in [2.05, 4.69) is 36.9 Å². The van der Waals surface area contributed by atoms with Crippen LogP contribution in [-0.2, 0) is 5.41 Å². The predicted octanol–water partition coefficient (Wildman–Crippen LogP) is 4.49. The van der Waals surface area contributed by atoms with Crippen LogP contribution in [0.25, 0.3) is 0 Å². The number of rotatable bonds is 4. The number of hydrogen-bond acceptors (Lipinski definition) is 3. The Morgan fingerprint density at radius 3 is 2.45 bits per heavy atom. The summed E-state index contributed by atoms with van der Waals surface area (Å²) < 4.78 is 5.65. The fourth-order valence-electron chi connectivity index (χ4n) is 3.65. The number of methoxy groups -OCH3 is 1. The molecule has 0 spiro atoms. The highest BCUT2D eigenvalue weighted by Crippen LogP contribution is 2.52. The lowest BCUT2D eigenvalue weighted by Gasteiger charge is -2.28. The summed E-state index contributed by atoms with van der Waals surface area (Å²) in [6.07, 6.45) is 2.21. The zero-order chi connectivity index (χ0) is 15.7. The van der Waals surface area contributed by atoms with Crippen LogP contribution in [-0.4, -0.2) is 13.7 Å². The molecule has 0 aromatic heterocycles. The van der Waals surface area contributed by atoms with Gasteiger partial charge in [0.15, 0.2) is 0 Å². The molecule has 3 heteroatoms. The van der Waals surface area contributed by atoms with Gasteiger partial charge in [0.1, 0.15) is 5.75 Å². The van der Waals surface area contributed by atoms with E-state index in [0.29, 0.717) is 0 Å². The van der Waals surface area contributed by atoms with Crippen LogP contribution in [0, 0.1) is 0 Å². The summed E-state index contributed by atoms with van der Waals surface area (Å²) in [7, 11) is 1.74. The highest BCUT2D eigenvalue weighted by molar-refractivity contribution is 5.83. The van der Waals surface area contributed by atoms with Crippen LogP contribution in [0.15, 0.2) is 42.5 Å². The minimum absolute atomic E-state index is 0.159. The molecule has 2 aromatic carbocycles. The molecule has 3 nitrogen and oxygen atoms in total. The van der Waals surface area contributed by atoms with Crippen LogP contribution in [0.4, 0.5) is 17.1 Å². The van der Waals surface area contributed by atoms with Gasteiger partial charge in [-0.05, 0) is 36.6 Å². The molecule has 2 aromatic rings. The number of benzene rings is 2. The fraction of sp³-hybridized carbons (Fsp3) is 0.368. The molecule has 0 radical (unpaired) electrons. The average Bonchev–Trinajstić information content (AvgIpc) is 2.90. The van der Waals surface area contributed by atoms with Crippen molar-refractivity contribution in [2.75, 3.05) is 24.3 Å². The summed E-state index contributed by atoms with van der Waals surface area (Å²) >= 11 is 0. The molecule has 22 heavy (non-hydrogen) atoms. The Bertz CT molecular complexity index is 677. The largest absolute Gasteiger partial charge is 0.495 e. The molecule has 0 bridgehead atoms. The molecule has 1 heterocycles. The molecule has 1 aliphatic rings. The molecule has 0 saturated carbocycles. The Morgan fingerprint density at radius 1 is 1.09 bits per heavy atom. The third kappa shape index (κ3) is 2.04. The molecule has 3 rings (SSSR count). The van der Waals surface area contributed by atoms with Crippen LogP contribution >= 0.6 is 0 Å². The lowest BCUT2D eigenvalue weighted by Crippen LogP contribution is -2.30. The van der Waals surface area contributed by atoms with Crippen LogP contribution in [0.1, 0.15) is 32.3 Å². The summed E-state index contributed by atoms with van der Waals surface area (Å²) in [5, 5.41) is 0. The molecule has 2 N–H and O–H groups in total. The second kappa shape index (κ2) is 5.56. The number of nitrogens with two attached hydrogens (primary N) is 1. The number of ether oxygens (including phenoxy) is 1. The Hall–Kier alpha value is -2.16. The third-order valence-electron chi connectivity index (χ3n) is 5.10. The molecule has 0 amide bonds. The topological polar surface area (TPSA) is 38.5 Å². The molecule has 0 fully saturated rings. The van der Waals surface area contributed by atoms with Gasteiger partial charge in [0.2, 0.25) is 0 Å². The van der Waals surface area contributed by atoms with Crippen LogP contribution in [0.3, 0.4) is 0 Å². The zero-order valence-electron chi connectivity index (χ0n) is 13.6. The summed E-state index contributed by atoms with van der Waals surface area (Å²) in [4.78, 5) is 2.33. The van der Waals surface area contributed by atoms with Gasteiger partial charge in [0.25, 0.3) is 0 Å². The fourth-order valence-corrected chi connectivity index (χ4v) is 3.65. The summed E-state index contributed by atoms with van der Waals surface area (Å²) in [5.41, 5.74) is 10.8. The molecule has 0 aliphatic carbocycles. The quantitative estimate of drug-likeness (QED) is 0.845. The van der Waals surface area contributed by atoms with E-state index >= 15 is 0 Å². The zero-order valence-corrected chi connectivity index (χ0v) is 13.6. The third-order valence-corrected chi connectivity index (χ3v) is 5.10. The Kier molecular flexibility index (Phi) is 3.73. The van der Waals surface area contributed by atoms with Crippen molar-refractivity contribution in [2.45, 2.75) is 32.1 Å². The molecule has 116 valence electrons. The van der Waals surface area contributed by atoms with Gasteiger partial charge in [-0.1, -0.05) is 38.1 Å². The number of nitrogens with zero attached hydrogens (tertiary/aromatic N) is 1. The molecule has 0 saturated heterocycles. The minimum Gasteiger partial charge on any atom is -0.495 e. The van der Waals surface area contributed by atoms with E-state index in [9.17, 15) is 0 Å². The summed E-state index contributed by atoms with van der Waals surface area (Å²) in [6.45, 7) is 5.49. The SMILES string of the molecule is CCC1(CC)CN(c2ccccc2N)c2c(OC)cccc21. The van der Waals surface area contributed by atoms with E-state index in [0.717, 1.165) is 36.5 Å². The van der Waals surface area contributed by atoms with E-state index in [1.807, 2.05) is 24.3 Å². The van der Waals surface area contributed by atoms with Crippen molar-refractivity contribution in [1.29, 1.82) is 0 Å². The van der Waals surface area contributed by atoms with Crippen molar-refractivity contribution >= 4 is 17.1 Å². The van der Waals surface area contributed by atoms with Gasteiger partial charge in [-0.2, -0.15) is 0 Å². The van der Waals surface area contributed by atoms with Crippen LogP contribution in [0.2, 0.25) is 0 Å². The van der Waals surface area contributed by atoms with Crippen molar-refractivity contribution < 1.29 is 4.74 Å². The number of para-hydroxylation sites is 3. The maximum atomic E-state index is 6.24. The first kappa shape index (κ1) is 14.8. The van der Waals surface area contributed by atoms with Gasteiger partial charge in [-0.3, -0.25) is 0 Å². The number of anilines is 3. The van der Waals surface area contributed by atoms with Gasteiger partial charge in [0, 0.05) is 12.0 Å². The van der Waals surface area contributed by atoms with Crippen LogP contribution < -0.4 is 15.4 Å². The number of hydrogen-bond donors (Lipinski definition) is 1. The Labute approximate surface area is 132 Å². The first-order valence-electron chi connectivity index (χ1n) is 7.96. The molecular formula is C19H24N2O. The Balaban J connectivity index is 2.23. The van der Waals surface area contributed by atoms with Gasteiger partial charge < -0.3 is 15.4 Å². The van der Waals surface area contributed by atoms with Crippen molar-refractivity contribution in [1.82, 2.24) is 0 Å². The monoisotopic (exact) mass is 296 g/mol. The van der Waals surface area contributed by atoms with Gasteiger partial charge >= 0.3 is 0 Å². The predicted molar refractivity (Wildman–Crippen MR) is 93.1 cm³/mol. The van der Waals surface area contributed by atoms with Gasteiger partial charge in [-0.15, -0.1) is 0 Å². The van der Waals surface area contributed by atoms with E-state index in [1.54, 1.807) is 7.11 Å². The van der Waals surface area contributed by atoms with E-state index in [1.165, 1.54) is 11.3 Å². The smallest absolute Gasteiger partial charge is 0.142 e. The second-order valence-electron chi connectivity index (χ2n) is 5.99. The average molecular weight is 296 g/mol. The molecular weight excluding hydrogens is 272 g/mol. The summed E-state index contributed by atoms with van der Waals surface area (Å²) in [6, 6.07) is 14.4. The maximum Gasteiger partial charge on any atom is 0.142 e. The molecule has 1 aliphatic heterocycles. The number of nitrogen functional groups attached to an aromatic ring is 1. The van der Waals surface area contributed by atoms with E-state index < -0.39 is 0 Å². The maximum absolute atomic E-state index is 6.24. The summed E-state index contributed by atoms with van der Waals surface area (Å²) in [5.74, 6) is 0.921. The normalized spacial score (nSPS) is 15.7.